The van der Waals surface area contributed by atoms with Crippen molar-refractivity contribution in [3.8, 4) is 0 Å². The van der Waals surface area contributed by atoms with E-state index in [4.69, 9.17) is 5.84 Å². The number of aromatic nitrogens is 2. The topological polar surface area (TPSA) is 75.9 Å². The fraction of sp³-hybridized carbons (Fsp3) is 0.0909. The molecule has 16 heavy (non-hydrogen) atoms. The van der Waals surface area contributed by atoms with Gasteiger partial charge in [-0.1, -0.05) is 12.1 Å². The average Bonchev–Trinajstić information content (AvgIpc) is 2.29. The molecular weight excluding hydrogens is 202 g/mol. The van der Waals surface area contributed by atoms with E-state index in [1.54, 1.807) is 6.07 Å². The second kappa shape index (κ2) is 4.59. The first-order valence-electron chi connectivity index (χ1n) is 4.90. The smallest absolute Gasteiger partial charge is 0.145 e. The fourth-order valence-corrected chi connectivity index (χ4v) is 1.38. The second-order valence-corrected chi connectivity index (χ2v) is 3.43. The predicted molar refractivity (Wildman–Crippen MR) is 64.3 cm³/mol. The van der Waals surface area contributed by atoms with Crippen molar-refractivity contribution in [3.63, 3.8) is 0 Å². The SMILES string of the molecule is Cc1cccc(Nc2cc(NN)ncn2)c1. The summed E-state index contributed by atoms with van der Waals surface area (Å²) in [5.74, 6) is 6.54. The van der Waals surface area contributed by atoms with E-state index < -0.39 is 0 Å². The Morgan fingerprint density at radius 1 is 1.12 bits per heavy atom. The van der Waals surface area contributed by atoms with E-state index in [-0.39, 0.29) is 0 Å². The summed E-state index contributed by atoms with van der Waals surface area (Å²) in [5, 5.41) is 3.17. The Hall–Kier alpha value is -2.14. The van der Waals surface area contributed by atoms with Crippen molar-refractivity contribution in [2.45, 2.75) is 6.92 Å². The number of aryl methyl sites for hydroxylation is 1. The highest BCUT2D eigenvalue weighted by atomic mass is 15.3. The molecule has 5 heteroatoms. The number of nitrogens with zero attached hydrogens (tertiary/aromatic N) is 2. The number of rotatable bonds is 3. The summed E-state index contributed by atoms with van der Waals surface area (Å²) in [6, 6.07) is 9.78. The van der Waals surface area contributed by atoms with E-state index in [2.05, 4.69) is 20.7 Å². The number of nitrogen functional groups attached to an aromatic ring is 1. The van der Waals surface area contributed by atoms with Gasteiger partial charge >= 0.3 is 0 Å². The van der Waals surface area contributed by atoms with Crippen molar-refractivity contribution in [1.29, 1.82) is 0 Å². The third kappa shape index (κ3) is 2.46. The Bertz CT molecular complexity index is 483. The molecule has 0 spiro atoms. The zero-order valence-electron chi connectivity index (χ0n) is 8.94. The molecule has 0 unspecified atom stereocenters. The second-order valence-electron chi connectivity index (χ2n) is 3.43. The van der Waals surface area contributed by atoms with E-state index >= 15 is 0 Å². The molecule has 1 aromatic carbocycles. The van der Waals surface area contributed by atoms with Crippen molar-refractivity contribution in [2.75, 3.05) is 10.7 Å². The number of nitrogens with two attached hydrogens (primary N) is 1. The Morgan fingerprint density at radius 3 is 2.69 bits per heavy atom. The maximum Gasteiger partial charge on any atom is 0.145 e. The van der Waals surface area contributed by atoms with Gasteiger partial charge in [-0.15, -0.1) is 0 Å². The Labute approximate surface area is 93.7 Å². The van der Waals surface area contributed by atoms with Gasteiger partial charge in [-0.2, -0.15) is 0 Å². The van der Waals surface area contributed by atoms with E-state index in [0.717, 1.165) is 5.69 Å². The van der Waals surface area contributed by atoms with Crippen LogP contribution in [-0.4, -0.2) is 9.97 Å². The molecule has 1 aromatic heterocycles. The van der Waals surface area contributed by atoms with Gasteiger partial charge in [0.25, 0.3) is 0 Å². The third-order valence-electron chi connectivity index (χ3n) is 2.11. The Kier molecular flexibility index (Phi) is 2.98. The zero-order chi connectivity index (χ0) is 11.4. The first-order valence-corrected chi connectivity index (χ1v) is 4.90. The molecule has 2 aromatic rings. The highest BCUT2D eigenvalue weighted by Gasteiger charge is 1.98. The maximum atomic E-state index is 5.27. The van der Waals surface area contributed by atoms with E-state index in [1.807, 2.05) is 31.2 Å². The van der Waals surface area contributed by atoms with Gasteiger partial charge < -0.3 is 10.7 Å². The molecule has 1 heterocycles. The normalized spacial score (nSPS) is 9.88. The fourth-order valence-electron chi connectivity index (χ4n) is 1.38. The van der Waals surface area contributed by atoms with Crippen LogP contribution in [0.1, 0.15) is 5.56 Å². The molecule has 4 N–H and O–H groups in total. The van der Waals surface area contributed by atoms with E-state index in [9.17, 15) is 0 Å². The van der Waals surface area contributed by atoms with Crippen molar-refractivity contribution in [3.05, 3.63) is 42.2 Å². The number of hydrogen-bond donors (Lipinski definition) is 3. The minimum Gasteiger partial charge on any atom is -0.340 e. The van der Waals surface area contributed by atoms with Crippen molar-refractivity contribution < 1.29 is 0 Å². The lowest BCUT2D eigenvalue weighted by atomic mass is 10.2. The van der Waals surface area contributed by atoms with Gasteiger partial charge in [0.15, 0.2) is 0 Å². The van der Waals surface area contributed by atoms with Crippen LogP contribution < -0.4 is 16.6 Å². The number of hydrogen-bond acceptors (Lipinski definition) is 5. The van der Waals surface area contributed by atoms with Crippen LogP contribution in [-0.2, 0) is 0 Å². The summed E-state index contributed by atoms with van der Waals surface area (Å²) in [7, 11) is 0. The highest BCUT2D eigenvalue weighted by molar-refractivity contribution is 5.59. The monoisotopic (exact) mass is 215 g/mol. The highest BCUT2D eigenvalue weighted by Crippen LogP contribution is 2.16. The van der Waals surface area contributed by atoms with Crippen molar-refractivity contribution in [2.24, 2.45) is 5.84 Å². The lowest BCUT2D eigenvalue weighted by Gasteiger charge is -2.06. The van der Waals surface area contributed by atoms with E-state index in [0.29, 0.717) is 11.6 Å². The van der Waals surface area contributed by atoms with Crippen LogP contribution in [0.4, 0.5) is 17.3 Å². The van der Waals surface area contributed by atoms with E-state index in [1.165, 1.54) is 11.9 Å². The molecule has 0 aliphatic rings. The minimum atomic E-state index is 0.574. The first-order chi connectivity index (χ1) is 7.78. The van der Waals surface area contributed by atoms with Gasteiger partial charge in [-0.05, 0) is 24.6 Å². The minimum absolute atomic E-state index is 0.574. The molecule has 0 amide bonds. The van der Waals surface area contributed by atoms with Gasteiger partial charge in [0, 0.05) is 11.8 Å². The van der Waals surface area contributed by atoms with Gasteiger partial charge in [0.1, 0.15) is 18.0 Å². The molecule has 0 fully saturated rings. The number of hydrazine groups is 1. The van der Waals surface area contributed by atoms with Crippen LogP contribution in [0.15, 0.2) is 36.7 Å². The number of anilines is 3. The van der Waals surface area contributed by atoms with Crippen LogP contribution in [0, 0.1) is 6.92 Å². The summed E-state index contributed by atoms with van der Waals surface area (Å²) in [6.07, 6.45) is 1.45. The molecular formula is C11H13N5. The van der Waals surface area contributed by atoms with Gasteiger partial charge in [-0.3, -0.25) is 0 Å². The maximum absolute atomic E-state index is 5.27. The summed E-state index contributed by atoms with van der Waals surface area (Å²) in [4.78, 5) is 8.02. The molecule has 82 valence electrons. The first kappa shape index (κ1) is 10.4. The quantitative estimate of drug-likeness (QED) is 0.537. The number of nitrogens with one attached hydrogen (secondary N) is 2. The van der Waals surface area contributed by atoms with Gasteiger partial charge in [0.05, 0.1) is 0 Å². The molecule has 0 aliphatic carbocycles. The van der Waals surface area contributed by atoms with Crippen LogP contribution in [0.3, 0.4) is 0 Å². The summed E-state index contributed by atoms with van der Waals surface area (Å²) >= 11 is 0. The molecule has 0 radical (unpaired) electrons. The van der Waals surface area contributed by atoms with Crippen LogP contribution >= 0.6 is 0 Å². The predicted octanol–water partition coefficient (Wildman–Crippen LogP) is 1.81. The molecule has 0 bridgehead atoms. The largest absolute Gasteiger partial charge is 0.340 e. The average molecular weight is 215 g/mol. The molecule has 0 atom stereocenters. The summed E-state index contributed by atoms with van der Waals surface area (Å²) in [6.45, 7) is 2.04. The Morgan fingerprint density at radius 2 is 1.94 bits per heavy atom. The molecule has 0 saturated heterocycles. The molecule has 0 aliphatic heterocycles. The lowest BCUT2D eigenvalue weighted by molar-refractivity contribution is 1.14. The molecule has 2 rings (SSSR count). The third-order valence-corrected chi connectivity index (χ3v) is 2.11. The Balaban J connectivity index is 2.20. The number of benzene rings is 1. The summed E-state index contributed by atoms with van der Waals surface area (Å²) in [5.41, 5.74) is 4.65. The standard InChI is InChI=1S/C11H13N5/c1-8-3-2-4-9(5-8)15-10-6-11(16-12)14-7-13-10/h2-7H,12H2,1H3,(H2,13,14,15,16). The van der Waals surface area contributed by atoms with Gasteiger partial charge in [-0.25, -0.2) is 15.8 Å². The molecule has 0 saturated carbocycles. The summed E-state index contributed by atoms with van der Waals surface area (Å²) < 4.78 is 0. The molecule has 5 nitrogen and oxygen atoms in total. The van der Waals surface area contributed by atoms with Crippen molar-refractivity contribution in [1.82, 2.24) is 9.97 Å². The zero-order valence-corrected chi connectivity index (χ0v) is 8.94. The van der Waals surface area contributed by atoms with Crippen LogP contribution in [0.5, 0.6) is 0 Å². The van der Waals surface area contributed by atoms with Crippen LogP contribution in [0.25, 0.3) is 0 Å². The van der Waals surface area contributed by atoms with Gasteiger partial charge in [0.2, 0.25) is 0 Å². The lowest BCUT2D eigenvalue weighted by Crippen LogP contribution is -2.09. The van der Waals surface area contributed by atoms with Crippen LogP contribution in [0.2, 0.25) is 0 Å². The van der Waals surface area contributed by atoms with Crippen molar-refractivity contribution >= 4 is 17.3 Å².